The van der Waals surface area contributed by atoms with E-state index in [2.05, 4.69) is 31.2 Å². The maximum Gasteiger partial charge on any atom is 0.337 e. The molecule has 1 heterocycles. The number of carboxylic acid groups (broad SMARTS) is 1. The van der Waals surface area contributed by atoms with E-state index in [1.807, 2.05) is 42.0 Å². The zero-order valence-corrected chi connectivity index (χ0v) is 17.7. The molecule has 1 aliphatic carbocycles. The van der Waals surface area contributed by atoms with Gasteiger partial charge in [0.1, 0.15) is 5.75 Å². The van der Waals surface area contributed by atoms with Crippen LogP contribution in [-0.4, -0.2) is 21.7 Å². The number of rotatable bonds is 6. The quantitative estimate of drug-likeness (QED) is 0.511. The lowest BCUT2D eigenvalue weighted by atomic mass is 9.86. The molecule has 156 valence electrons. The Hall–Kier alpha value is -3.01. The number of nitrogens with zero attached hydrogens (tertiary/aromatic N) is 1. The zero-order valence-electron chi connectivity index (χ0n) is 17.7. The normalized spacial score (nSPS) is 15.7. The van der Waals surface area contributed by atoms with Crippen molar-refractivity contribution in [2.45, 2.75) is 52.1 Å². The molecule has 4 heteroatoms. The highest BCUT2D eigenvalue weighted by Gasteiger charge is 2.21. The van der Waals surface area contributed by atoms with Crippen molar-refractivity contribution in [2.24, 2.45) is 5.92 Å². The smallest absolute Gasteiger partial charge is 0.337 e. The van der Waals surface area contributed by atoms with Crippen molar-refractivity contribution in [2.75, 3.05) is 0 Å². The van der Waals surface area contributed by atoms with Crippen LogP contribution in [0.3, 0.4) is 0 Å². The fraction of sp³-hybridized carbons (Fsp3) is 0.346. The summed E-state index contributed by atoms with van der Waals surface area (Å²) in [6.07, 6.45) is 8.53. The van der Waals surface area contributed by atoms with E-state index in [4.69, 9.17) is 4.74 Å². The van der Waals surface area contributed by atoms with Crippen LogP contribution in [0, 0.1) is 12.8 Å². The van der Waals surface area contributed by atoms with E-state index in [9.17, 15) is 9.90 Å². The third-order valence-electron chi connectivity index (χ3n) is 6.30. The highest BCUT2D eigenvalue weighted by Crippen LogP contribution is 2.31. The first-order valence-electron chi connectivity index (χ1n) is 10.8. The molecule has 1 aromatic heterocycles. The molecule has 0 aliphatic heterocycles. The first-order chi connectivity index (χ1) is 14.5. The largest absolute Gasteiger partial charge is 0.490 e. The average Bonchev–Trinajstić information content (AvgIpc) is 3.16. The van der Waals surface area contributed by atoms with Gasteiger partial charge in [-0.2, -0.15) is 0 Å². The lowest BCUT2D eigenvalue weighted by Crippen LogP contribution is -2.25. The van der Waals surface area contributed by atoms with Gasteiger partial charge in [-0.15, -0.1) is 0 Å². The minimum atomic E-state index is -0.903. The van der Waals surface area contributed by atoms with Gasteiger partial charge in [-0.05, 0) is 74.1 Å². The van der Waals surface area contributed by atoms with Crippen LogP contribution < -0.4 is 4.74 Å². The maximum atomic E-state index is 11.4. The minimum absolute atomic E-state index is 0.226. The molecule has 0 spiro atoms. The summed E-state index contributed by atoms with van der Waals surface area (Å²) in [7, 11) is 0. The second-order valence-corrected chi connectivity index (χ2v) is 8.29. The van der Waals surface area contributed by atoms with Crippen molar-refractivity contribution in [1.82, 2.24) is 4.57 Å². The van der Waals surface area contributed by atoms with Gasteiger partial charge in [-0.25, -0.2) is 4.79 Å². The molecule has 0 amide bonds. The third-order valence-corrected chi connectivity index (χ3v) is 6.30. The second-order valence-electron chi connectivity index (χ2n) is 8.29. The van der Waals surface area contributed by atoms with E-state index < -0.39 is 5.97 Å². The lowest BCUT2D eigenvalue weighted by Gasteiger charge is -2.28. The summed E-state index contributed by atoms with van der Waals surface area (Å²) in [6, 6.07) is 18.1. The molecule has 1 atom stereocenters. The Balaban J connectivity index is 1.57. The standard InChI is InChI=1S/C26H29NO3/c1-18-25(26(28)29)14-15-27(18)23-12-6-10-21(16-23)22-11-7-13-24(17-22)30-19(2)20-8-4-3-5-9-20/h6-7,10-17,19-20H,3-5,8-9H2,1-2H3,(H,28,29)/t19-/m0/s1. The molecule has 2 aromatic carbocycles. The van der Waals surface area contributed by atoms with Crippen LogP contribution >= 0.6 is 0 Å². The Kier molecular flexibility index (Phi) is 5.93. The number of carbonyl (C=O) groups is 1. The first-order valence-corrected chi connectivity index (χ1v) is 10.8. The Bertz CT molecular complexity index is 1030. The van der Waals surface area contributed by atoms with Gasteiger partial charge in [0.2, 0.25) is 0 Å². The highest BCUT2D eigenvalue weighted by atomic mass is 16.5. The molecule has 1 fully saturated rings. The van der Waals surface area contributed by atoms with E-state index in [1.54, 1.807) is 6.07 Å². The van der Waals surface area contributed by atoms with Crippen LogP contribution in [0.1, 0.15) is 55.1 Å². The second kappa shape index (κ2) is 8.78. The summed E-state index contributed by atoms with van der Waals surface area (Å²) in [6.45, 7) is 4.02. The van der Waals surface area contributed by atoms with Crippen molar-refractivity contribution in [3.63, 3.8) is 0 Å². The molecule has 0 radical (unpaired) electrons. The Morgan fingerprint density at radius 1 is 1.03 bits per heavy atom. The van der Waals surface area contributed by atoms with Crippen LogP contribution in [0.4, 0.5) is 0 Å². The van der Waals surface area contributed by atoms with E-state index >= 15 is 0 Å². The SMILES string of the molecule is Cc1c(C(=O)O)ccn1-c1cccc(-c2cccc(O[C@@H](C)C3CCCCC3)c2)c1. The van der Waals surface area contributed by atoms with Crippen molar-refractivity contribution in [1.29, 1.82) is 0 Å². The molecule has 4 nitrogen and oxygen atoms in total. The number of ether oxygens (including phenoxy) is 1. The molecule has 0 saturated heterocycles. The van der Waals surface area contributed by atoms with Crippen molar-refractivity contribution >= 4 is 5.97 Å². The molecule has 0 unspecified atom stereocenters. The van der Waals surface area contributed by atoms with E-state index in [0.29, 0.717) is 11.5 Å². The van der Waals surface area contributed by atoms with E-state index in [-0.39, 0.29) is 6.10 Å². The molecule has 1 saturated carbocycles. The predicted octanol–water partition coefficient (Wildman–Crippen LogP) is 6.50. The topological polar surface area (TPSA) is 51.5 Å². The number of hydrogen-bond donors (Lipinski definition) is 1. The van der Waals surface area contributed by atoms with Crippen LogP contribution in [0.2, 0.25) is 0 Å². The predicted molar refractivity (Wildman–Crippen MR) is 120 cm³/mol. The molecule has 1 N–H and O–H groups in total. The minimum Gasteiger partial charge on any atom is -0.490 e. The van der Waals surface area contributed by atoms with Gasteiger partial charge in [-0.3, -0.25) is 0 Å². The van der Waals surface area contributed by atoms with Crippen LogP contribution in [0.5, 0.6) is 5.75 Å². The summed E-state index contributed by atoms with van der Waals surface area (Å²) in [4.78, 5) is 11.4. The molecule has 30 heavy (non-hydrogen) atoms. The summed E-state index contributed by atoms with van der Waals surface area (Å²) in [5, 5.41) is 9.33. The molecular formula is C26H29NO3. The van der Waals surface area contributed by atoms with Crippen molar-refractivity contribution in [3.05, 3.63) is 72.1 Å². The monoisotopic (exact) mass is 403 g/mol. The summed E-state index contributed by atoms with van der Waals surface area (Å²) < 4.78 is 8.22. The maximum absolute atomic E-state index is 11.4. The van der Waals surface area contributed by atoms with Crippen LogP contribution in [0.15, 0.2) is 60.8 Å². The molecule has 1 aliphatic rings. The molecule has 0 bridgehead atoms. The lowest BCUT2D eigenvalue weighted by molar-refractivity contribution is 0.0696. The third kappa shape index (κ3) is 4.28. The van der Waals surface area contributed by atoms with Gasteiger partial charge in [0.15, 0.2) is 0 Å². The zero-order chi connectivity index (χ0) is 21.1. The number of aromatic carboxylic acids is 1. The first kappa shape index (κ1) is 20.3. The highest BCUT2D eigenvalue weighted by molar-refractivity contribution is 5.89. The average molecular weight is 404 g/mol. The molecule has 3 aromatic rings. The molecule has 4 rings (SSSR count). The van der Waals surface area contributed by atoms with Gasteiger partial charge in [0.05, 0.1) is 11.7 Å². The van der Waals surface area contributed by atoms with Gasteiger partial charge >= 0.3 is 5.97 Å². The van der Waals surface area contributed by atoms with Gasteiger partial charge in [0.25, 0.3) is 0 Å². The van der Waals surface area contributed by atoms with Gasteiger partial charge < -0.3 is 14.4 Å². The van der Waals surface area contributed by atoms with Gasteiger partial charge in [-0.1, -0.05) is 43.5 Å². The van der Waals surface area contributed by atoms with E-state index in [0.717, 1.165) is 28.3 Å². The van der Waals surface area contributed by atoms with Crippen LogP contribution in [0.25, 0.3) is 16.8 Å². The number of carboxylic acids is 1. The summed E-state index contributed by atoms with van der Waals surface area (Å²) in [5.41, 5.74) is 4.16. The number of benzene rings is 2. The summed E-state index contributed by atoms with van der Waals surface area (Å²) >= 11 is 0. The fourth-order valence-corrected chi connectivity index (χ4v) is 4.52. The molecular weight excluding hydrogens is 374 g/mol. The van der Waals surface area contributed by atoms with Gasteiger partial charge in [0, 0.05) is 17.6 Å². The Morgan fingerprint density at radius 2 is 1.73 bits per heavy atom. The fourth-order valence-electron chi connectivity index (χ4n) is 4.52. The number of aromatic nitrogens is 1. The number of hydrogen-bond acceptors (Lipinski definition) is 2. The van der Waals surface area contributed by atoms with Crippen molar-refractivity contribution in [3.8, 4) is 22.6 Å². The summed E-state index contributed by atoms with van der Waals surface area (Å²) in [5.74, 6) is 0.645. The van der Waals surface area contributed by atoms with E-state index in [1.165, 1.54) is 32.1 Å². The van der Waals surface area contributed by atoms with Crippen molar-refractivity contribution < 1.29 is 14.6 Å². The Morgan fingerprint density at radius 3 is 2.43 bits per heavy atom. The Labute approximate surface area is 178 Å². The van der Waals surface area contributed by atoms with Crippen LogP contribution in [-0.2, 0) is 0 Å².